The molecule has 1 amide bonds. The highest BCUT2D eigenvalue weighted by atomic mass is 32.2. The zero-order valence-corrected chi connectivity index (χ0v) is 15.1. The molecular formula is C20H20FN3OS. The molecule has 0 bridgehead atoms. The number of fused-ring (bicyclic) bond motifs is 1. The smallest absolute Gasteiger partial charge is 0.224 e. The van der Waals surface area contributed by atoms with Crippen molar-refractivity contribution in [2.75, 3.05) is 12.3 Å². The van der Waals surface area contributed by atoms with E-state index in [1.807, 2.05) is 35.2 Å². The quantitative estimate of drug-likeness (QED) is 0.671. The summed E-state index contributed by atoms with van der Waals surface area (Å²) in [6, 6.07) is 14.6. The SMILES string of the molecule is O=C(CCSc1ccccc1F)N1CCCC1c1nc2ccccc2[nH]1. The number of carbonyl (C=O) groups excluding carboxylic acids is 1. The van der Waals surface area contributed by atoms with Crippen LogP contribution in [0.15, 0.2) is 53.4 Å². The Balaban J connectivity index is 1.41. The van der Waals surface area contributed by atoms with Gasteiger partial charge in [-0.15, -0.1) is 11.8 Å². The predicted octanol–water partition coefficient (Wildman–Crippen LogP) is 4.55. The third kappa shape index (κ3) is 3.46. The fourth-order valence-corrected chi connectivity index (χ4v) is 4.31. The van der Waals surface area contributed by atoms with Crippen molar-refractivity contribution >= 4 is 28.7 Å². The van der Waals surface area contributed by atoms with Crippen molar-refractivity contribution in [1.29, 1.82) is 0 Å². The number of H-pyrrole nitrogens is 1. The Labute approximate surface area is 155 Å². The second-order valence-corrected chi connectivity index (χ2v) is 7.55. The van der Waals surface area contributed by atoms with E-state index in [9.17, 15) is 9.18 Å². The molecule has 0 saturated carbocycles. The van der Waals surface area contributed by atoms with E-state index in [0.29, 0.717) is 17.1 Å². The van der Waals surface area contributed by atoms with Gasteiger partial charge in [-0.25, -0.2) is 9.37 Å². The van der Waals surface area contributed by atoms with Crippen LogP contribution in [0.25, 0.3) is 11.0 Å². The first-order valence-corrected chi connectivity index (χ1v) is 9.82. The van der Waals surface area contributed by atoms with Gasteiger partial charge in [0, 0.05) is 23.6 Å². The maximum absolute atomic E-state index is 13.7. The summed E-state index contributed by atoms with van der Waals surface area (Å²) in [6.45, 7) is 0.755. The van der Waals surface area contributed by atoms with Crippen LogP contribution in [0.2, 0.25) is 0 Å². The summed E-state index contributed by atoms with van der Waals surface area (Å²) in [5.41, 5.74) is 1.92. The van der Waals surface area contributed by atoms with Gasteiger partial charge >= 0.3 is 0 Å². The molecule has 0 aliphatic carbocycles. The molecular weight excluding hydrogens is 349 g/mol. The Bertz CT molecular complexity index is 893. The highest BCUT2D eigenvalue weighted by Gasteiger charge is 2.31. The van der Waals surface area contributed by atoms with E-state index in [2.05, 4.69) is 9.97 Å². The first kappa shape index (κ1) is 17.1. The molecule has 0 radical (unpaired) electrons. The van der Waals surface area contributed by atoms with Crippen LogP contribution in [0.5, 0.6) is 0 Å². The molecule has 4 rings (SSSR count). The number of hydrogen-bond donors (Lipinski definition) is 1. The number of halogens is 1. The van der Waals surface area contributed by atoms with Crippen molar-refractivity contribution in [2.45, 2.75) is 30.2 Å². The van der Waals surface area contributed by atoms with Gasteiger partial charge in [-0.1, -0.05) is 24.3 Å². The number of aromatic nitrogens is 2. The lowest BCUT2D eigenvalue weighted by molar-refractivity contribution is -0.131. The van der Waals surface area contributed by atoms with E-state index in [-0.39, 0.29) is 17.8 Å². The molecule has 1 aliphatic rings. The molecule has 1 aromatic heterocycles. The summed E-state index contributed by atoms with van der Waals surface area (Å²) in [4.78, 5) is 23.2. The summed E-state index contributed by atoms with van der Waals surface area (Å²) in [5, 5.41) is 0. The van der Waals surface area contributed by atoms with Gasteiger partial charge in [-0.05, 0) is 37.1 Å². The van der Waals surface area contributed by atoms with Gasteiger partial charge in [0.2, 0.25) is 5.91 Å². The van der Waals surface area contributed by atoms with Crippen molar-refractivity contribution in [1.82, 2.24) is 14.9 Å². The van der Waals surface area contributed by atoms with Gasteiger partial charge in [0.15, 0.2) is 0 Å². The van der Waals surface area contributed by atoms with Gasteiger partial charge in [-0.2, -0.15) is 0 Å². The molecule has 1 fully saturated rings. The Morgan fingerprint density at radius 2 is 2.04 bits per heavy atom. The third-order valence-corrected chi connectivity index (χ3v) is 5.76. The van der Waals surface area contributed by atoms with E-state index in [0.717, 1.165) is 36.2 Å². The predicted molar refractivity (Wildman–Crippen MR) is 102 cm³/mol. The maximum atomic E-state index is 13.7. The lowest BCUT2D eigenvalue weighted by Crippen LogP contribution is -2.31. The van der Waals surface area contributed by atoms with Gasteiger partial charge in [-0.3, -0.25) is 4.79 Å². The van der Waals surface area contributed by atoms with Gasteiger partial charge in [0.05, 0.1) is 17.1 Å². The fraction of sp³-hybridized carbons (Fsp3) is 0.300. The number of amides is 1. The molecule has 1 atom stereocenters. The molecule has 1 N–H and O–H groups in total. The summed E-state index contributed by atoms with van der Waals surface area (Å²) in [5.74, 6) is 1.31. The third-order valence-electron chi connectivity index (χ3n) is 4.71. The van der Waals surface area contributed by atoms with Crippen LogP contribution < -0.4 is 0 Å². The summed E-state index contributed by atoms with van der Waals surface area (Å²) in [7, 11) is 0. The van der Waals surface area contributed by atoms with E-state index in [1.54, 1.807) is 12.1 Å². The minimum absolute atomic E-state index is 0.00774. The molecule has 134 valence electrons. The van der Waals surface area contributed by atoms with Crippen molar-refractivity contribution < 1.29 is 9.18 Å². The second-order valence-electron chi connectivity index (χ2n) is 6.41. The molecule has 4 nitrogen and oxygen atoms in total. The van der Waals surface area contributed by atoms with Crippen LogP contribution in [0, 0.1) is 5.82 Å². The van der Waals surface area contributed by atoms with E-state index in [4.69, 9.17) is 0 Å². The van der Waals surface area contributed by atoms with E-state index < -0.39 is 0 Å². The topological polar surface area (TPSA) is 49.0 Å². The second kappa shape index (κ2) is 7.50. The molecule has 2 heterocycles. The van der Waals surface area contributed by atoms with Crippen LogP contribution in [0.3, 0.4) is 0 Å². The number of carbonyl (C=O) groups is 1. The number of aromatic amines is 1. The Morgan fingerprint density at radius 3 is 2.88 bits per heavy atom. The van der Waals surface area contributed by atoms with Gasteiger partial charge in [0.1, 0.15) is 11.6 Å². The Hall–Kier alpha value is -2.34. The maximum Gasteiger partial charge on any atom is 0.224 e. The number of imidazole rings is 1. The average Bonchev–Trinajstić information content (AvgIpc) is 3.29. The normalized spacial score (nSPS) is 17.1. The van der Waals surface area contributed by atoms with Crippen LogP contribution in [0.1, 0.15) is 31.1 Å². The van der Waals surface area contributed by atoms with Crippen molar-refractivity contribution in [2.24, 2.45) is 0 Å². The molecule has 1 aliphatic heterocycles. The minimum Gasteiger partial charge on any atom is -0.340 e. The van der Waals surface area contributed by atoms with Crippen LogP contribution in [0.4, 0.5) is 4.39 Å². The fourth-order valence-electron chi connectivity index (χ4n) is 3.43. The number of benzene rings is 2. The molecule has 26 heavy (non-hydrogen) atoms. The zero-order chi connectivity index (χ0) is 17.9. The monoisotopic (exact) mass is 369 g/mol. The lowest BCUT2D eigenvalue weighted by atomic mass is 10.2. The molecule has 1 saturated heterocycles. The van der Waals surface area contributed by atoms with E-state index >= 15 is 0 Å². The number of hydrogen-bond acceptors (Lipinski definition) is 3. The van der Waals surface area contributed by atoms with Crippen LogP contribution in [-0.2, 0) is 4.79 Å². The number of nitrogens with one attached hydrogen (secondary N) is 1. The minimum atomic E-state index is -0.230. The number of thioether (sulfide) groups is 1. The van der Waals surface area contributed by atoms with Crippen molar-refractivity contribution in [3.8, 4) is 0 Å². The highest BCUT2D eigenvalue weighted by Crippen LogP contribution is 2.32. The highest BCUT2D eigenvalue weighted by molar-refractivity contribution is 7.99. The van der Waals surface area contributed by atoms with Crippen LogP contribution in [-0.4, -0.2) is 33.1 Å². The molecule has 0 spiro atoms. The van der Waals surface area contributed by atoms with Gasteiger partial charge in [0.25, 0.3) is 0 Å². The molecule has 2 aromatic carbocycles. The number of nitrogens with zero attached hydrogens (tertiary/aromatic N) is 2. The molecule has 1 unspecified atom stereocenters. The first-order chi connectivity index (χ1) is 12.7. The summed E-state index contributed by atoms with van der Waals surface area (Å²) < 4.78 is 13.7. The number of likely N-dealkylation sites (tertiary alicyclic amines) is 1. The van der Waals surface area contributed by atoms with Gasteiger partial charge < -0.3 is 9.88 Å². The largest absolute Gasteiger partial charge is 0.340 e. The summed E-state index contributed by atoms with van der Waals surface area (Å²) in [6.07, 6.45) is 2.30. The first-order valence-electron chi connectivity index (χ1n) is 8.84. The number of rotatable bonds is 5. The molecule has 3 aromatic rings. The lowest BCUT2D eigenvalue weighted by Gasteiger charge is -2.23. The van der Waals surface area contributed by atoms with Crippen molar-refractivity contribution in [3.63, 3.8) is 0 Å². The Kier molecular flexibility index (Phi) is 4.93. The standard InChI is InChI=1S/C20H20FN3OS/c21-14-6-1-4-10-18(14)26-13-11-19(25)24-12-5-9-17(24)20-22-15-7-2-3-8-16(15)23-20/h1-4,6-8,10,17H,5,9,11-13H2,(H,22,23). The Morgan fingerprint density at radius 1 is 1.23 bits per heavy atom. The van der Waals surface area contributed by atoms with E-state index in [1.165, 1.54) is 17.8 Å². The zero-order valence-electron chi connectivity index (χ0n) is 14.3. The number of para-hydroxylation sites is 2. The summed E-state index contributed by atoms with van der Waals surface area (Å²) >= 11 is 1.39. The average molecular weight is 369 g/mol. The van der Waals surface area contributed by atoms with Crippen LogP contribution >= 0.6 is 11.8 Å². The van der Waals surface area contributed by atoms with Crippen molar-refractivity contribution in [3.05, 3.63) is 60.2 Å². The molecule has 6 heteroatoms.